The number of aliphatic carboxylic acids is 1. The van der Waals surface area contributed by atoms with Gasteiger partial charge in [-0.3, -0.25) is 10.1 Å². The van der Waals surface area contributed by atoms with E-state index in [-0.39, 0.29) is 5.28 Å². The summed E-state index contributed by atoms with van der Waals surface area (Å²) < 4.78 is 26.8. The minimum absolute atomic E-state index is 0.375. The third-order valence-corrected chi connectivity index (χ3v) is 2.68. The fourth-order valence-corrected chi connectivity index (χ4v) is 1.60. The highest BCUT2D eigenvalue weighted by Gasteiger charge is 2.43. The van der Waals surface area contributed by atoms with Crippen LogP contribution in [0.5, 0.6) is 0 Å². The number of carboxylic acid groups (broad SMARTS) is 1. The molecule has 1 aromatic heterocycles. The summed E-state index contributed by atoms with van der Waals surface area (Å²) in [6.45, 7) is 1.63. The summed E-state index contributed by atoms with van der Waals surface area (Å²) in [7, 11) is 0. The van der Waals surface area contributed by atoms with Gasteiger partial charge in [0.2, 0.25) is 11.1 Å². The van der Waals surface area contributed by atoms with Gasteiger partial charge in [0, 0.05) is 6.04 Å². The summed E-state index contributed by atoms with van der Waals surface area (Å²) in [4.78, 5) is 28.4. The number of carbonyl (C=O) groups is 1. The highest BCUT2D eigenvalue weighted by atomic mass is 35.5. The number of alkyl halides is 2. The highest BCUT2D eigenvalue weighted by molar-refractivity contribution is 6.28. The van der Waals surface area contributed by atoms with Crippen LogP contribution in [0, 0.1) is 10.1 Å². The zero-order valence-electron chi connectivity index (χ0n) is 11.0. The Kier molecular flexibility index (Phi) is 4.94. The number of hydrogen-bond donors (Lipinski definition) is 1. The van der Waals surface area contributed by atoms with Crippen molar-refractivity contribution in [3.8, 4) is 0 Å². The highest BCUT2D eigenvalue weighted by Crippen LogP contribution is 2.30. The molecule has 8 nitrogen and oxygen atoms in total. The molecular weight excluding hydrogens is 314 g/mol. The number of hydrogen-bond acceptors (Lipinski definition) is 6. The predicted octanol–water partition coefficient (Wildman–Crippen LogP) is 1.97. The molecule has 0 saturated carbocycles. The van der Waals surface area contributed by atoms with Crippen LogP contribution in [-0.4, -0.2) is 44.5 Å². The average molecular weight is 325 g/mol. The molecule has 21 heavy (non-hydrogen) atoms. The number of carboxylic acids is 1. The lowest BCUT2D eigenvalue weighted by Crippen LogP contribution is -2.46. The molecule has 0 aliphatic rings. The predicted molar refractivity (Wildman–Crippen MR) is 68.8 cm³/mol. The number of anilines is 1. The maximum atomic E-state index is 13.4. The van der Waals surface area contributed by atoms with Crippen LogP contribution in [-0.2, 0) is 4.79 Å². The second kappa shape index (κ2) is 6.12. The fourth-order valence-electron chi connectivity index (χ4n) is 1.47. The first-order valence-electron chi connectivity index (χ1n) is 5.61. The lowest BCUT2D eigenvalue weighted by Gasteiger charge is -2.29. The average Bonchev–Trinajstić information content (AvgIpc) is 2.34. The number of aromatic nitrogens is 2. The fraction of sp³-hybridized carbons (Fsp3) is 0.500. The third kappa shape index (κ3) is 3.94. The van der Waals surface area contributed by atoms with Crippen LogP contribution in [0.4, 0.5) is 20.3 Å². The van der Waals surface area contributed by atoms with Gasteiger partial charge in [-0.1, -0.05) is 0 Å². The van der Waals surface area contributed by atoms with Crippen LogP contribution in [0.3, 0.4) is 0 Å². The third-order valence-electron chi connectivity index (χ3n) is 2.49. The maximum Gasteiger partial charge on any atom is 0.376 e. The summed E-state index contributed by atoms with van der Waals surface area (Å²) in [5, 5.41) is 19.0. The van der Waals surface area contributed by atoms with E-state index < -0.39 is 40.9 Å². The topological polar surface area (TPSA) is 109 Å². The van der Waals surface area contributed by atoms with Crippen LogP contribution in [0.2, 0.25) is 5.28 Å². The van der Waals surface area contributed by atoms with Crippen molar-refractivity contribution in [2.75, 3.05) is 11.4 Å². The Balaban J connectivity index is 3.33. The zero-order chi connectivity index (χ0) is 16.4. The van der Waals surface area contributed by atoms with Crippen molar-refractivity contribution in [3.05, 3.63) is 21.6 Å². The number of nitrogens with zero attached hydrogens (tertiary/aromatic N) is 4. The Labute approximate surface area is 122 Å². The first-order valence-corrected chi connectivity index (χ1v) is 5.99. The molecule has 1 heterocycles. The van der Waals surface area contributed by atoms with E-state index in [9.17, 15) is 23.7 Å². The van der Waals surface area contributed by atoms with E-state index in [1.54, 1.807) is 0 Å². The SMILES string of the molecule is CC(C)N(CC(F)(F)C(=O)O)c1nc(Cl)ncc1[N+](=O)[O-]. The van der Waals surface area contributed by atoms with Crippen LogP contribution >= 0.6 is 11.6 Å². The summed E-state index contributed by atoms with van der Waals surface area (Å²) in [6.07, 6.45) is 0.777. The molecule has 1 aromatic rings. The van der Waals surface area contributed by atoms with Gasteiger partial charge in [0.1, 0.15) is 6.20 Å². The standard InChI is InChI=1S/C10H11ClF2N4O4/c1-5(2)16(4-10(12,13)8(18)19)7-6(17(20)21)3-14-9(11)15-7/h3,5H,4H2,1-2H3,(H,18,19). The van der Waals surface area contributed by atoms with Crippen molar-refractivity contribution < 1.29 is 23.6 Å². The lowest BCUT2D eigenvalue weighted by molar-refractivity contribution is -0.384. The van der Waals surface area contributed by atoms with Crippen molar-refractivity contribution in [1.82, 2.24) is 9.97 Å². The first kappa shape index (κ1) is 17.0. The monoisotopic (exact) mass is 324 g/mol. The van der Waals surface area contributed by atoms with Gasteiger partial charge in [0.05, 0.1) is 11.5 Å². The zero-order valence-corrected chi connectivity index (χ0v) is 11.7. The molecule has 116 valence electrons. The largest absolute Gasteiger partial charge is 0.477 e. The van der Waals surface area contributed by atoms with Crippen LogP contribution < -0.4 is 4.90 Å². The molecule has 0 amide bonds. The maximum absolute atomic E-state index is 13.4. The summed E-state index contributed by atoms with van der Waals surface area (Å²) in [5.74, 6) is -6.90. The van der Waals surface area contributed by atoms with Gasteiger partial charge in [-0.15, -0.1) is 0 Å². The molecule has 0 bridgehead atoms. The first-order chi connectivity index (χ1) is 9.56. The summed E-state index contributed by atoms with van der Waals surface area (Å²) in [6, 6.07) is -0.681. The summed E-state index contributed by atoms with van der Waals surface area (Å²) >= 11 is 5.53. The molecule has 0 aromatic carbocycles. The van der Waals surface area contributed by atoms with E-state index in [0.717, 1.165) is 11.1 Å². The smallest absolute Gasteiger partial charge is 0.376 e. The second-order valence-electron chi connectivity index (χ2n) is 4.34. The van der Waals surface area contributed by atoms with Crippen molar-refractivity contribution in [2.45, 2.75) is 25.8 Å². The molecule has 11 heteroatoms. The molecule has 0 fully saturated rings. The Morgan fingerprint density at radius 1 is 1.62 bits per heavy atom. The van der Waals surface area contributed by atoms with Gasteiger partial charge in [-0.25, -0.2) is 9.78 Å². The molecule has 0 spiro atoms. The number of halogens is 3. The van der Waals surface area contributed by atoms with Crippen molar-refractivity contribution >= 4 is 29.1 Å². The molecule has 1 rings (SSSR count). The van der Waals surface area contributed by atoms with E-state index in [1.807, 2.05) is 0 Å². The quantitative estimate of drug-likeness (QED) is 0.484. The Morgan fingerprint density at radius 2 is 2.19 bits per heavy atom. The van der Waals surface area contributed by atoms with Crippen LogP contribution in [0.15, 0.2) is 6.20 Å². The molecular formula is C10H11ClF2N4O4. The molecule has 0 aliphatic heterocycles. The summed E-state index contributed by atoms with van der Waals surface area (Å²) in [5.41, 5.74) is -0.644. The lowest BCUT2D eigenvalue weighted by atomic mass is 10.2. The molecule has 0 saturated heterocycles. The minimum atomic E-state index is -4.10. The molecule has 0 aliphatic carbocycles. The van der Waals surface area contributed by atoms with E-state index in [2.05, 4.69) is 9.97 Å². The van der Waals surface area contributed by atoms with Crippen molar-refractivity contribution in [1.29, 1.82) is 0 Å². The van der Waals surface area contributed by atoms with E-state index in [1.165, 1.54) is 13.8 Å². The van der Waals surface area contributed by atoms with Gasteiger partial charge in [0.15, 0.2) is 0 Å². The van der Waals surface area contributed by atoms with Crippen LogP contribution in [0.1, 0.15) is 13.8 Å². The van der Waals surface area contributed by atoms with Crippen LogP contribution in [0.25, 0.3) is 0 Å². The Morgan fingerprint density at radius 3 is 2.62 bits per heavy atom. The van der Waals surface area contributed by atoms with E-state index in [0.29, 0.717) is 0 Å². The minimum Gasteiger partial charge on any atom is -0.477 e. The number of rotatable bonds is 6. The molecule has 0 unspecified atom stereocenters. The number of nitro groups is 1. The molecule has 1 N–H and O–H groups in total. The van der Waals surface area contributed by atoms with Gasteiger partial charge in [-0.05, 0) is 25.4 Å². The van der Waals surface area contributed by atoms with Crippen molar-refractivity contribution in [3.63, 3.8) is 0 Å². The Hall–Kier alpha value is -2.10. The van der Waals surface area contributed by atoms with Gasteiger partial charge >= 0.3 is 17.6 Å². The normalized spacial score (nSPS) is 11.5. The van der Waals surface area contributed by atoms with Gasteiger partial charge in [-0.2, -0.15) is 13.8 Å². The van der Waals surface area contributed by atoms with E-state index in [4.69, 9.17) is 16.7 Å². The molecule has 0 radical (unpaired) electrons. The van der Waals surface area contributed by atoms with Gasteiger partial charge < -0.3 is 10.0 Å². The van der Waals surface area contributed by atoms with E-state index >= 15 is 0 Å². The van der Waals surface area contributed by atoms with Crippen molar-refractivity contribution in [2.24, 2.45) is 0 Å². The second-order valence-corrected chi connectivity index (χ2v) is 4.67. The Bertz CT molecular complexity index is 570. The molecule has 0 atom stereocenters. The van der Waals surface area contributed by atoms with Gasteiger partial charge in [0.25, 0.3) is 0 Å².